The largest absolute Gasteiger partial charge is 0.464 e. The summed E-state index contributed by atoms with van der Waals surface area (Å²) in [6.45, 7) is 1.80. The Morgan fingerprint density at radius 2 is 2.00 bits per heavy atom. The highest BCUT2D eigenvalue weighted by Crippen LogP contribution is 2.27. The molecule has 3 rings (SSSR count). The lowest BCUT2D eigenvalue weighted by molar-refractivity contribution is 0.479. The molecule has 0 saturated heterocycles. The number of fused-ring (bicyclic) bond motifs is 1. The molecule has 0 atom stereocenters. The predicted molar refractivity (Wildman–Crippen MR) is 80.6 cm³/mol. The summed E-state index contributed by atoms with van der Waals surface area (Å²) in [5.41, 5.74) is 8.60. The molecule has 1 aromatic heterocycles. The van der Waals surface area contributed by atoms with E-state index in [0.717, 1.165) is 19.3 Å². The van der Waals surface area contributed by atoms with Crippen LogP contribution in [0.2, 0.25) is 0 Å². The molecule has 0 radical (unpaired) electrons. The molecule has 0 unspecified atom stereocenters. The number of furan rings is 1. The van der Waals surface area contributed by atoms with Crippen LogP contribution in [0.3, 0.4) is 0 Å². The zero-order chi connectivity index (χ0) is 15.0. The Kier molecular flexibility index (Phi) is 3.51. The number of sulfonamides is 1. The van der Waals surface area contributed by atoms with Crippen molar-refractivity contribution in [3.05, 3.63) is 46.9 Å². The standard InChI is InChI=1S/C15H18N2O3S/c1-10-15(8-14(9-16)20-10)21(18,19)17-13-6-5-11-3-2-4-12(11)7-13/h5-8,17H,2-4,9,16H2,1H3. The van der Waals surface area contributed by atoms with Crippen molar-refractivity contribution in [2.45, 2.75) is 37.6 Å². The second-order valence-corrected chi connectivity index (χ2v) is 6.93. The second kappa shape index (κ2) is 5.20. The summed E-state index contributed by atoms with van der Waals surface area (Å²) in [5, 5.41) is 0. The Balaban J connectivity index is 1.90. The quantitative estimate of drug-likeness (QED) is 0.908. The molecular formula is C15H18N2O3S. The average Bonchev–Trinajstić information content (AvgIpc) is 3.04. The Morgan fingerprint density at radius 3 is 2.71 bits per heavy atom. The number of nitrogens with two attached hydrogens (primary N) is 1. The topological polar surface area (TPSA) is 85.3 Å². The van der Waals surface area contributed by atoms with Crippen molar-refractivity contribution in [2.24, 2.45) is 5.73 Å². The van der Waals surface area contributed by atoms with Crippen LogP contribution < -0.4 is 10.5 Å². The molecule has 0 bridgehead atoms. The van der Waals surface area contributed by atoms with E-state index in [2.05, 4.69) is 4.72 Å². The molecule has 0 aliphatic heterocycles. The number of aryl methyl sites for hydroxylation is 3. The van der Waals surface area contributed by atoms with Crippen molar-refractivity contribution in [1.29, 1.82) is 0 Å². The maximum atomic E-state index is 12.4. The molecule has 112 valence electrons. The van der Waals surface area contributed by atoms with Crippen LogP contribution in [0, 0.1) is 6.92 Å². The zero-order valence-corrected chi connectivity index (χ0v) is 12.7. The van der Waals surface area contributed by atoms with Gasteiger partial charge in [0.1, 0.15) is 16.4 Å². The van der Waals surface area contributed by atoms with Crippen LogP contribution in [0.15, 0.2) is 33.6 Å². The molecule has 0 spiro atoms. The first-order valence-corrected chi connectivity index (χ1v) is 8.42. The summed E-state index contributed by atoms with van der Waals surface area (Å²) in [6.07, 6.45) is 3.21. The van der Waals surface area contributed by atoms with Crippen molar-refractivity contribution < 1.29 is 12.8 Å². The van der Waals surface area contributed by atoms with E-state index in [1.54, 1.807) is 13.0 Å². The van der Waals surface area contributed by atoms with E-state index >= 15 is 0 Å². The van der Waals surface area contributed by atoms with Crippen molar-refractivity contribution in [3.63, 3.8) is 0 Å². The minimum Gasteiger partial charge on any atom is -0.464 e. The van der Waals surface area contributed by atoms with E-state index in [-0.39, 0.29) is 11.4 Å². The van der Waals surface area contributed by atoms with Crippen molar-refractivity contribution in [3.8, 4) is 0 Å². The SMILES string of the molecule is Cc1oc(CN)cc1S(=O)(=O)Nc1ccc2c(c1)CCC2. The number of hydrogen-bond donors (Lipinski definition) is 2. The molecule has 0 amide bonds. The number of benzene rings is 1. The summed E-state index contributed by atoms with van der Waals surface area (Å²) >= 11 is 0. The Morgan fingerprint density at radius 1 is 1.24 bits per heavy atom. The number of anilines is 1. The highest BCUT2D eigenvalue weighted by molar-refractivity contribution is 7.92. The van der Waals surface area contributed by atoms with E-state index in [1.807, 2.05) is 12.1 Å². The lowest BCUT2D eigenvalue weighted by Crippen LogP contribution is -2.13. The Bertz CT molecular complexity index is 778. The maximum Gasteiger partial charge on any atom is 0.265 e. The summed E-state index contributed by atoms with van der Waals surface area (Å²) in [4.78, 5) is 0.142. The first kappa shape index (κ1) is 14.2. The summed E-state index contributed by atoms with van der Waals surface area (Å²) in [6, 6.07) is 7.19. The number of hydrogen-bond acceptors (Lipinski definition) is 4. The second-order valence-electron chi connectivity index (χ2n) is 5.28. The van der Waals surface area contributed by atoms with Crippen LogP contribution in [-0.2, 0) is 29.4 Å². The fourth-order valence-corrected chi connectivity index (χ4v) is 3.99. The van der Waals surface area contributed by atoms with Gasteiger partial charge in [-0.05, 0) is 49.4 Å². The van der Waals surface area contributed by atoms with Gasteiger partial charge in [-0.2, -0.15) is 0 Å². The highest BCUT2D eigenvalue weighted by atomic mass is 32.2. The molecule has 1 aliphatic rings. The predicted octanol–water partition coefficient (Wildman–Crippen LogP) is 2.34. The fourth-order valence-electron chi connectivity index (χ4n) is 2.74. The summed E-state index contributed by atoms with van der Waals surface area (Å²) < 4.78 is 32.8. The Hall–Kier alpha value is -1.79. The van der Waals surface area contributed by atoms with Crippen molar-refractivity contribution in [2.75, 3.05) is 4.72 Å². The van der Waals surface area contributed by atoms with Gasteiger partial charge in [-0.15, -0.1) is 0 Å². The van der Waals surface area contributed by atoms with Gasteiger partial charge in [0.05, 0.1) is 6.54 Å². The van der Waals surface area contributed by atoms with E-state index in [4.69, 9.17) is 10.2 Å². The molecule has 5 nitrogen and oxygen atoms in total. The minimum absolute atomic E-state index is 0.142. The van der Waals surface area contributed by atoms with Crippen LogP contribution in [0.25, 0.3) is 0 Å². The summed E-state index contributed by atoms with van der Waals surface area (Å²) in [7, 11) is -3.65. The third-order valence-electron chi connectivity index (χ3n) is 3.76. The van der Waals surface area contributed by atoms with E-state index < -0.39 is 10.0 Å². The van der Waals surface area contributed by atoms with Gasteiger partial charge >= 0.3 is 0 Å². The normalized spacial score (nSPS) is 14.2. The molecule has 3 N–H and O–H groups in total. The molecule has 1 aromatic carbocycles. The van der Waals surface area contributed by atoms with Gasteiger partial charge in [0.2, 0.25) is 0 Å². The lowest BCUT2D eigenvalue weighted by Gasteiger charge is -2.08. The van der Waals surface area contributed by atoms with E-state index in [1.165, 1.54) is 17.2 Å². The third-order valence-corrected chi connectivity index (χ3v) is 5.25. The number of rotatable bonds is 4. The van der Waals surface area contributed by atoms with Gasteiger partial charge in [-0.1, -0.05) is 6.07 Å². The maximum absolute atomic E-state index is 12.4. The lowest BCUT2D eigenvalue weighted by atomic mass is 10.1. The van der Waals surface area contributed by atoms with Gasteiger partial charge in [-0.25, -0.2) is 8.42 Å². The zero-order valence-electron chi connectivity index (χ0n) is 11.8. The van der Waals surface area contributed by atoms with Crippen LogP contribution >= 0.6 is 0 Å². The first-order chi connectivity index (χ1) is 9.99. The smallest absolute Gasteiger partial charge is 0.265 e. The monoisotopic (exact) mass is 306 g/mol. The highest BCUT2D eigenvalue weighted by Gasteiger charge is 2.22. The molecule has 2 aromatic rings. The van der Waals surface area contributed by atoms with Crippen molar-refractivity contribution >= 4 is 15.7 Å². The molecule has 6 heteroatoms. The summed E-state index contributed by atoms with van der Waals surface area (Å²) in [5.74, 6) is 0.811. The van der Waals surface area contributed by atoms with Gasteiger partial charge in [0.25, 0.3) is 10.0 Å². The fraction of sp³-hybridized carbons (Fsp3) is 0.333. The van der Waals surface area contributed by atoms with Gasteiger partial charge in [-0.3, -0.25) is 4.72 Å². The van der Waals surface area contributed by atoms with Crippen LogP contribution in [0.1, 0.15) is 29.1 Å². The van der Waals surface area contributed by atoms with Gasteiger partial charge in [0.15, 0.2) is 0 Å². The van der Waals surface area contributed by atoms with E-state index in [9.17, 15) is 8.42 Å². The van der Waals surface area contributed by atoms with Gasteiger partial charge in [0, 0.05) is 11.8 Å². The molecule has 1 aliphatic carbocycles. The van der Waals surface area contributed by atoms with Crippen LogP contribution in [0.5, 0.6) is 0 Å². The Labute approximate surface area is 124 Å². The van der Waals surface area contributed by atoms with Crippen LogP contribution in [-0.4, -0.2) is 8.42 Å². The molecule has 0 fully saturated rings. The first-order valence-electron chi connectivity index (χ1n) is 6.93. The van der Waals surface area contributed by atoms with Gasteiger partial charge < -0.3 is 10.2 Å². The van der Waals surface area contributed by atoms with Crippen LogP contribution in [0.4, 0.5) is 5.69 Å². The molecular weight excluding hydrogens is 288 g/mol. The van der Waals surface area contributed by atoms with Crippen molar-refractivity contribution in [1.82, 2.24) is 0 Å². The minimum atomic E-state index is -3.65. The van der Waals surface area contributed by atoms with E-state index in [0.29, 0.717) is 17.2 Å². The molecule has 21 heavy (non-hydrogen) atoms. The molecule has 1 heterocycles. The average molecular weight is 306 g/mol. The number of nitrogens with one attached hydrogen (secondary N) is 1. The third kappa shape index (κ3) is 2.69. The molecule has 0 saturated carbocycles.